The molecule has 1 aliphatic heterocycles. The Hall–Kier alpha value is -2.36. The van der Waals surface area contributed by atoms with Gasteiger partial charge in [0.2, 0.25) is 6.41 Å². The molecule has 0 saturated carbocycles. The Morgan fingerprint density at radius 1 is 1.30 bits per heavy atom. The largest absolute Gasteiger partial charge is 0.501 e. The number of hydrogen-bond acceptors (Lipinski definition) is 3. The number of carbonyl (C=O) groups excluding carboxylic acids is 1. The van der Waals surface area contributed by atoms with E-state index >= 15 is 0 Å². The van der Waals surface area contributed by atoms with E-state index in [1.807, 2.05) is 44.2 Å². The van der Waals surface area contributed by atoms with Crippen molar-refractivity contribution in [3.63, 3.8) is 0 Å². The molecule has 1 heterocycles. The summed E-state index contributed by atoms with van der Waals surface area (Å²) in [7, 11) is 1.64. The number of rotatable bonds is 3. The zero-order valence-electron chi connectivity index (χ0n) is 11.9. The van der Waals surface area contributed by atoms with Crippen molar-refractivity contribution in [3.05, 3.63) is 52.9 Å². The number of nitrogens with zero attached hydrogens (tertiary/aromatic N) is 1. The summed E-state index contributed by atoms with van der Waals surface area (Å²) in [6, 6.07) is 10.1. The van der Waals surface area contributed by atoms with Crippen LogP contribution in [0.5, 0.6) is 0 Å². The van der Waals surface area contributed by atoms with Crippen LogP contribution < -0.4 is 5.32 Å². The quantitative estimate of drug-likeness (QED) is 0.678. The molecule has 0 bridgehead atoms. The van der Waals surface area contributed by atoms with Gasteiger partial charge in [0.15, 0.2) is 0 Å². The predicted molar refractivity (Wildman–Crippen MR) is 80.0 cm³/mol. The van der Waals surface area contributed by atoms with Gasteiger partial charge in [-0.3, -0.25) is 4.79 Å². The number of aliphatic imine (C=N–C) groups is 1. The zero-order valence-corrected chi connectivity index (χ0v) is 11.9. The number of methoxy groups -OCH3 is 1. The Labute approximate surface area is 118 Å². The third kappa shape index (κ3) is 2.79. The summed E-state index contributed by atoms with van der Waals surface area (Å²) < 4.78 is 5.33. The van der Waals surface area contributed by atoms with Crippen molar-refractivity contribution in [2.24, 2.45) is 4.99 Å². The van der Waals surface area contributed by atoms with Crippen molar-refractivity contribution in [1.82, 2.24) is 5.32 Å². The number of nitrogens with one attached hydrogen (secondary N) is 1. The first-order chi connectivity index (χ1) is 9.67. The van der Waals surface area contributed by atoms with Crippen LogP contribution >= 0.6 is 0 Å². The Kier molecular flexibility index (Phi) is 4.35. The Balaban J connectivity index is 2.52. The second-order valence-electron chi connectivity index (χ2n) is 4.58. The van der Waals surface area contributed by atoms with Gasteiger partial charge in [0.25, 0.3) is 0 Å². The minimum absolute atomic E-state index is 0.581. The molecule has 1 N–H and O–H groups in total. The average Bonchev–Trinajstić information content (AvgIpc) is 2.91. The van der Waals surface area contributed by atoms with E-state index in [1.165, 1.54) is 0 Å². The highest BCUT2D eigenvalue weighted by molar-refractivity contribution is 5.98. The molecule has 0 radical (unpaired) electrons. The summed E-state index contributed by atoms with van der Waals surface area (Å²) in [4.78, 5) is 15.1. The van der Waals surface area contributed by atoms with Crippen LogP contribution in [0.3, 0.4) is 0 Å². The Morgan fingerprint density at radius 2 is 2.00 bits per heavy atom. The molecular formula is C16H18N2O2. The van der Waals surface area contributed by atoms with Crippen LogP contribution in [-0.2, 0) is 9.53 Å². The first kappa shape index (κ1) is 14.1. The third-order valence-corrected chi connectivity index (χ3v) is 3.40. The van der Waals surface area contributed by atoms with Gasteiger partial charge < -0.3 is 10.1 Å². The fourth-order valence-corrected chi connectivity index (χ4v) is 2.19. The van der Waals surface area contributed by atoms with E-state index in [4.69, 9.17) is 4.74 Å². The van der Waals surface area contributed by atoms with Crippen LogP contribution in [0.4, 0.5) is 0 Å². The minimum Gasteiger partial charge on any atom is -0.501 e. The molecule has 104 valence electrons. The van der Waals surface area contributed by atoms with Crippen molar-refractivity contribution >= 4 is 17.8 Å². The van der Waals surface area contributed by atoms with E-state index < -0.39 is 0 Å². The number of benzene rings is 1. The Morgan fingerprint density at radius 3 is 2.60 bits per heavy atom. The topological polar surface area (TPSA) is 50.7 Å². The molecule has 1 aromatic carbocycles. The first-order valence-corrected chi connectivity index (χ1v) is 6.45. The summed E-state index contributed by atoms with van der Waals surface area (Å²) in [5.41, 5.74) is 4.07. The number of amidine groups is 1. The van der Waals surface area contributed by atoms with Gasteiger partial charge in [0.05, 0.1) is 18.6 Å². The number of carbonyl (C=O) groups is 1. The van der Waals surface area contributed by atoms with Crippen LogP contribution in [0.1, 0.15) is 25.8 Å². The summed E-state index contributed by atoms with van der Waals surface area (Å²) >= 11 is 0. The molecule has 0 unspecified atom stereocenters. The molecule has 1 aliphatic rings. The normalized spacial score (nSPS) is 19.2. The SMILES string of the molecule is CO/C(C)=C1\CC(NC=O)=N\C1=C(\C)c1ccccc1. The minimum atomic E-state index is 0.581. The average molecular weight is 270 g/mol. The molecule has 0 aromatic heterocycles. The molecular weight excluding hydrogens is 252 g/mol. The lowest BCUT2D eigenvalue weighted by atomic mass is 10.0. The highest BCUT2D eigenvalue weighted by Gasteiger charge is 2.22. The highest BCUT2D eigenvalue weighted by atomic mass is 16.5. The molecule has 1 amide bonds. The summed E-state index contributed by atoms with van der Waals surface area (Å²) in [5.74, 6) is 1.47. The van der Waals surface area contributed by atoms with Gasteiger partial charge in [0.1, 0.15) is 5.84 Å². The fourth-order valence-electron chi connectivity index (χ4n) is 2.19. The second kappa shape index (κ2) is 6.19. The van der Waals surface area contributed by atoms with E-state index in [-0.39, 0.29) is 0 Å². The van der Waals surface area contributed by atoms with Gasteiger partial charge in [-0.05, 0) is 25.0 Å². The van der Waals surface area contributed by atoms with Crippen LogP contribution in [-0.4, -0.2) is 19.4 Å². The molecule has 2 rings (SSSR count). The summed E-state index contributed by atoms with van der Waals surface area (Å²) in [5, 5.41) is 2.64. The van der Waals surface area contributed by atoms with E-state index in [0.29, 0.717) is 18.7 Å². The van der Waals surface area contributed by atoms with E-state index in [1.54, 1.807) is 7.11 Å². The van der Waals surface area contributed by atoms with Crippen LogP contribution in [0, 0.1) is 0 Å². The summed E-state index contributed by atoms with van der Waals surface area (Å²) in [6.45, 7) is 3.94. The lowest BCUT2D eigenvalue weighted by molar-refractivity contribution is -0.108. The van der Waals surface area contributed by atoms with Crippen molar-refractivity contribution in [3.8, 4) is 0 Å². The number of ether oxygens (including phenoxy) is 1. The van der Waals surface area contributed by atoms with E-state index in [9.17, 15) is 4.79 Å². The second-order valence-corrected chi connectivity index (χ2v) is 4.58. The van der Waals surface area contributed by atoms with Crippen LogP contribution in [0.15, 0.2) is 52.4 Å². The maximum absolute atomic E-state index is 10.6. The molecule has 4 heteroatoms. The van der Waals surface area contributed by atoms with Crippen molar-refractivity contribution < 1.29 is 9.53 Å². The van der Waals surface area contributed by atoms with Crippen molar-refractivity contribution in [1.29, 1.82) is 0 Å². The maximum Gasteiger partial charge on any atom is 0.212 e. The number of hydrogen-bond donors (Lipinski definition) is 1. The standard InChI is InChI=1S/C16H18N2O2/c1-11(13-7-5-4-6-8-13)16-14(12(2)20-3)9-15(18-16)17-10-19/h4-8,10H,9H2,1-3H3,(H,17,18,19)/b14-12+,16-11-. The molecule has 0 aliphatic carbocycles. The van der Waals surface area contributed by atoms with Gasteiger partial charge in [-0.15, -0.1) is 0 Å². The molecule has 0 atom stereocenters. The highest BCUT2D eigenvalue weighted by Crippen LogP contribution is 2.33. The van der Waals surface area contributed by atoms with E-state index in [0.717, 1.165) is 28.2 Å². The monoisotopic (exact) mass is 270 g/mol. The van der Waals surface area contributed by atoms with Gasteiger partial charge in [-0.1, -0.05) is 30.3 Å². The predicted octanol–water partition coefficient (Wildman–Crippen LogP) is 2.89. The number of amides is 1. The summed E-state index contributed by atoms with van der Waals surface area (Å²) in [6.07, 6.45) is 1.23. The number of allylic oxidation sites excluding steroid dienone is 3. The molecule has 1 aromatic rings. The van der Waals surface area contributed by atoms with Crippen molar-refractivity contribution in [2.45, 2.75) is 20.3 Å². The van der Waals surface area contributed by atoms with Crippen molar-refractivity contribution in [2.75, 3.05) is 7.11 Å². The fraction of sp³-hybridized carbons (Fsp3) is 0.250. The van der Waals surface area contributed by atoms with Gasteiger partial charge in [-0.2, -0.15) is 0 Å². The lowest BCUT2D eigenvalue weighted by Gasteiger charge is -2.09. The van der Waals surface area contributed by atoms with Crippen LogP contribution in [0.25, 0.3) is 5.57 Å². The third-order valence-electron chi connectivity index (χ3n) is 3.40. The first-order valence-electron chi connectivity index (χ1n) is 6.45. The smallest absolute Gasteiger partial charge is 0.212 e. The molecule has 20 heavy (non-hydrogen) atoms. The lowest BCUT2D eigenvalue weighted by Crippen LogP contribution is -2.18. The van der Waals surface area contributed by atoms with Gasteiger partial charge >= 0.3 is 0 Å². The van der Waals surface area contributed by atoms with Gasteiger partial charge in [0, 0.05) is 12.0 Å². The molecule has 0 fully saturated rings. The molecule has 4 nitrogen and oxygen atoms in total. The van der Waals surface area contributed by atoms with Gasteiger partial charge in [-0.25, -0.2) is 4.99 Å². The zero-order chi connectivity index (χ0) is 14.5. The Bertz CT molecular complexity index is 598. The molecule has 0 spiro atoms. The maximum atomic E-state index is 10.6. The van der Waals surface area contributed by atoms with Crippen LogP contribution in [0.2, 0.25) is 0 Å². The van der Waals surface area contributed by atoms with E-state index in [2.05, 4.69) is 10.3 Å². The molecule has 0 saturated heterocycles.